The molecule has 0 rings (SSSR count). The van der Waals surface area contributed by atoms with Crippen LogP contribution in [0.25, 0.3) is 0 Å². The second-order valence-corrected chi connectivity index (χ2v) is 1.86. The van der Waals surface area contributed by atoms with E-state index in [1.807, 2.05) is 0 Å². The minimum Gasteiger partial charge on any atom is -0.329 e. The van der Waals surface area contributed by atoms with Crippen LogP contribution in [0.5, 0.6) is 0 Å². The van der Waals surface area contributed by atoms with E-state index < -0.39 is 5.83 Å². The molecule has 0 aromatic carbocycles. The molecule has 4 heteroatoms. The topological polar surface area (TPSA) is 52.9 Å². The number of amides is 1. The molecule has 0 aliphatic rings. The molecule has 0 aliphatic heterocycles. The summed E-state index contributed by atoms with van der Waals surface area (Å²) in [5.74, 6) is -0.855. The van der Waals surface area contributed by atoms with Crippen molar-refractivity contribution in [3.8, 4) is 6.07 Å². The summed E-state index contributed by atoms with van der Waals surface area (Å²) >= 11 is 0. The molecule has 0 bridgehead atoms. The summed E-state index contributed by atoms with van der Waals surface area (Å²) in [6.07, 6.45) is 1.48. The fourth-order valence-corrected chi connectivity index (χ4v) is 0.463. The van der Waals surface area contributed by atoms with Crippen molar-refractivity contribution in [2.24, 2.45) is 0 Å². The average Bonchev–Trinajstić information content (AvgIpc) is 2.00. The molecule has 0 aromatic heterocycles. The molecule has 0 unspecified atom stereocenters. The predicted molar refractivity (Wildman–Crippen MR) is 42.3 cm³/mol. The Balaban J connectivity index is 4.52. The number of carbonyl (C=O) groups excluding carboxylic acids is 1. The minimum absolute atomic E-state index is 0.139. The number of nitriles is 1. The maximum atomic E-state index is 12.3. The second-order valence-electron chi connectivity index (χ2n) is 1.86. The molecule has 0 saturated heterocycles. The molecule has 0 spiro atoms. The Hall–Kier alpha value is -1.89. The summed E-state index contributed by atoms with van der Waals surface area (Å²) in [6.45, 7) is 6.26. The highest BCUT2D eigenvalue weighted by atomic mass is 19.1. The second kappa shape index (κ2) is 4.85. The maximum absolute atomic E-state index is 12.3. The lowest BCUT2D eigenvalue weighted by Crippen LogP contribution is -2.07. The molecule has 1 amide bonds. The Bertz CT molecular complexity index is 286. The van der Waals surface area contributed by atoms with E-state index >= 15 is 0 Å². The van der Waals surface area contributed by atoms with E-state index in [2.05, 4.69) is 18.5 Å². The van der Waals surface area contributed by atoms with Gasteiger partial charge in [0.1, 0.15) is 11.9 Å². The number of hydrogen-bond donors (Lipinski definition) is 1. The summed E-state index contributed by atoms with van der Waals surface area (Å²) in [4.78, 5) is 9.85. The van der Waals surface area contributed by atoms with Gasteiger partial charge in [-0.3, -0.25) is 4.79 Å². The first kappa shape index (κ1) is 10.1. The van der Waals surface area contributed by atoms with Crippen LogP contribution in [0.3, 0.4) is 0 Å². The van der Waals surface area contributed by atoms with Crippen molar-refractivity contribution >= 4 is 6.41 Å². The van der Waals surface area contributed by atoms with Gasteiger partial charge in [-0.2, -0.15) is 5.26 Å². The lowest BCUT2D eigenvalue weighted by Gasteiger charge is -1.95. The zero-order valence-electron chi connectivity index (χ0n) is 6.30. The summed E-state index contributed by atoms with van der Waals surface area (Å²) in [5.41, 5.74) is -0.116. The van der Waals surface area contributed by atoms with Gasteiger partial charge in [-0.15, -0.1) is 0 Å². The fraction of sp³-hybridized carbons (Fsp3) is 0. The largest absolute Gasteiger partial charge is 0.329 e. The van der Waals surface area contributed by atoms with Crippen molar-refractivity contribution in [1.82, 2.24) is 5.32 Å². The van der Waals surface area contributed by atoms with Gasteiger partial charge >= 0.3 is 0 Å². The van der Waals surface area contributed by atoms with E-state index in [9.17, 15) is 9.18 Å². The quantitative estimate of drug-likeness (QED) is 0.387. The highest BCUT2D eigenvalue weighted by Crippen LogP contribution is 2.08. The van der Waals surface area contributed by atoms with Crippen molar-refractivity contribution in [3.63, 3.8) is 0 Å². The first-order valence-corrected chi connectivity index (χ1v) is 2.97. The van der Waals surface area contributed by atoms with E-state index in [1.165, 1.54) is 0 Å². The molecule has 1 N–H and O–H groups in total. The van der Waals surface area contributed by atoms with Gasteiger partial charge in [-0.1, -0.05) is 13.2 Å². The summed E-state index contributed by atoms with van der Waals surface area (Å²) in [5, 5.41) is 10.5. The lowest BCUT2D eigenvalue weighted by molar-refractivity contribution is -0.108. The number of nitrogens with one attached hydrogen (secondary N) is 1. The molecular weight excluding hydrogens is 159 g/mol. The Labute approximate surface area is 69.5 Å². The van der Waals surface area contributed by atoms with Crippen LogP contribution < -0.4 is 5.32 Å². The Morgan fingerprint density at radius 1 is 1.58 bits per heavy atom. The maximum Gasteiger partial charge on any atom is 0.211 e. The highest BCUT2D eigenvalue weighted by Gasteiger charge is 1.99. The first-order valence-electron chi connectivity index (χ1n) is 2.97. The molecule has 0 fully saturated rings. The molecule has 62 valence electrons. The highest BCUT2D eigenvalue weighted by molar-refractivity contribution is 5.53. The normalized spacial score (nSPS) is 9.83. The predicted octanol–water partition coefficient (Wildman–Crippen LogP) is 1.18. The molecular formula is C8H7FN2O. The number of hydrogen-bond acceptors (Lipinski definition) is 2. The van der Waals surface area contributed by atoms with Crippen molar-refractivity contribution in [1.29, 1.82) is 5.26 Å². The zero-order valence-corrected chi connectivity index (χ0v) is 6.30. The smallest absolute Gasteiger partial charge is 0.211 e. The Kier molecular flexibility index (Phi) is 4.09. The van der Waals surface area contributed by atoms with E-state index in [-0.39, 0.29) is 11.3 Å². The first-order chi connectivity index (χ1) is 5.61. The van der Waals surface area contributed by atoms with Crippen molar-refractivity contribution in [2.45, 2.75) is 0 Å². The number of rotatable bonds is 4. The lowest BCUT2D eigenvalue weighted by atomic mass is 10.2. The summed E-state index contributed by atoms with van der Waals surface area (Å²) in [7, 11) is 0. The summed E-state index contributed by atoms with van der Waals surface area (Å²) < 4.78 is 12.3. The van der Waals surface area contributed by atoms with Gasteiger partial charge in [0.05, 0.1) is 5.57 Å². The number of halogens is 1. The molecule has 3 nitrogen and oxygen atoms in total. The van der Waals surface area contributed by atoms with Crippen LogP contribution in [0.15, 0.2) is 36.3 Å². The summed E-state index contributed by atoms with van der Waals surface area (Å²) in [6, 6.07) is 1.56. The third kappa shape index (κ3) is 3.32. The van der Waals surface area contributed by atoms with E-state index in [0.29, 0.717) is 6.41 Å². The minimum atomic E-state index is -0.855. The molecule has 0 heterocycles. The standard InChI is InChI=1S/C8H7FN2O/c1-6(11-5-12)3-8(4-10)7(2)9/h3,5H,1-2H2,(H,11,12)/b8-3-. The Morgan fingerprint density at radius 3 is 2.50 bits per heavy atom. The van der Waals surface area contributed by atoms with Crippen LogP contribution in [0.1, 0.15) is 0 Å². The van der Waals surface area contributed by atoms with Crippen molar-refractivity contribution < 1.29 is 9.18 Å². The third-order valence-corrected chi connectivity index (χ3v) is 0.976. The number of carbonyl (C=O) groups is 1. The van der Waals surface area contributed by atoms with Gasteiger partial charge in [0.25, 0.3) is 0 Å². The number of allylic oxidation sites excluding steroid dienone is 3. The van der Waals surface area contributed by atoms with Crippen LogP contribution in [0.4, 0.5) is 4.39 Å². The third-order valence-electron chi connectivity index (χ3n) is 0.976. The number of nitrogens with zero attached hydrogens (tertiary/aromatic N) is 1. The van der Waals surface area contributed by atoms with Gasteiger partial charge in [0, 0.05) is 5.70 Å². The van der Waals surface area contributed by atoms with Gasteiger partial charge in [-0.05, 0) is 6.08 Å². The van der Waals surface area contributed by atoms with Crippen LogP contribution in [0.2, 0.25) is 0 Å². The molecule has 0 radical (unpaired) electrons. The molecule has 0 aromatic rings. The van der Waals surface area contributed by atoms with Crippen molar-refractivity contribution in [2.75, 3.05) is 0 Å². The monoisotopic (exact) mass is 166 g/mol. The van der Waals surface area contributed by atoms with E-state index in [0.717, 1.165) is 6.08 Å². The van der Waals surface area contributed by atoms with Crippen LogP contribution in [-0.2, 0) is 4.79 Å². The molecule has 12 heavy (non-hydrogen) atoms. The fourth-order valence-electron chi connectivity index (χ4n) is 0.463. The SMILES string of the molecule is C=C(/C=C(/C#N)C(=C)F)NC=O. The van der Waals surface area contributed by atoms with Gasteiger partial charge in [0.2, 0.25) is 6.41 Å². The van der Waals surface area contributed by atoms with Crippen LogP contribution in [-0.4, -0.2) is 6.41 Å². The zero-order chi connectivity index (χ0) is 9.56. The van der Waals surface area contributed by atoms with E-state index in [1.54, 1.807) is 6.07 Å². The molecule has 0 saturated carbocycles. The van der Waals surface area contributed by atoms with E-state index in [4.69, 9.17) is 5.26 Å². The Morgan fingerprint density at radius 2 is 2.17 bits per heavy atom. The molecule has 0 aliphatic carbocycles. The van der Waals surface area contributed by atoms with Gasteiger partial charge in [-0.25, -0.2) is 4.39 Å². The average molecular weight is 166 g/mol. The van der Waals surface area contributed by atoms with Gasteiger partial charge < -0.3 is 5.32 Å². The molecule has 0 atom stereocenters. The van der Waals surface area contributed by atoms with Crippen LogP contribution >= 0.6 is 0 Å². The van der Waals surface area contributed by atoms with Crippen LogP contribution in [0, 0.1) is 11.3 Å². The van der Waals surface area contributed by atoms with Crippen molar-refractivity contribution in [3.05, 3.63) is 36.3 Å². The van der Waals surface area contributed by atoms with Gasteiger partial charge in [0.15, 0.2) is 0 Å².